The highest BCUT2D eigenvalue weighted by Crippen LogP contribution is 2.18. The summed E-state index contributed by atoms with van der Waals surface area (Å²) < 4.78 is 1.60. The van der Waals surface area contributed by atoms with E-state index >= 15 is 0 Å². The number of benzene rings is 1. The number of anilines is 1. The third kappa shape index (κ3) is 4.01. The van der Waals surface area contributed by atoms with Crippen molar-refractivity contribution in [2.75, 3.05) is 11.9 Å². The summed E-state index contributed by atoms with van der Waals surface area (Å²) in [5.41, 5.74) is 1.41. The molecular formula is C21H21N5O2. The lowest BCUT2D eigenvalue weighted by atomic mass is 10.2. The molecule has 0 aliphatic heterocycles. The summed E-state index contributed by atoms with van der Waals surface area (Å²) in [5.74, 6) is -0.643. The second kappa shape index (κ2) is 8.82. The molecule has 28 heavy (non-hydrogen) atoms. The summed E-state index contributed by atoms with van der Waals surface area (Å²) >= 11 is 0. The number of amides is 2. The number of unbranched alkanes of at least 4 members (excludes halogenated alkanes) is 2. The molecule has 1 aromatic carbocycles. The molecule has 0 radical (unpaired) electrons. The molecule has 0 unspecified atom stereocenters. The molecule has 0 aliphatic carbocycles. The van der Waals surface area contributed by atoms with Gasteiger partial charge in [0.05, 0.1) is 16.8 Å². The molecule has 3 aromatic rings. The van der Waals surface area contributed by atoms with Crippen LogP contribution in [0.25, 0.3) is 5.52 Å². The Bertz CT molecular complexity index is 1050. The summed E-state index contributed by atoms with van der Waals surface area (Å²) in [4.78, 5) is 29.6. The second-order valence-corrected chi connectivity index (χ2v) is 6.31. The molecule has 7 nitrogen and oxygen atoms in total. The topological polar surface area (TPSA) is 99.3 Å². The van der Waals surface area contributed by atoms with E-state index in [4.69, 9.17) is 0 Å². The third-order valence-corrected chi connectivity index (χ3v) is 4.33. The highest BCUT2D eigenvalue weighted by atomic mass is 16.2. The Labute approximate surface area is 163 Å². The summed E-state index contributed by atoms with van der Waals surface area (Å²) in [6.07, 6.45) is 4.69. The van der Waals surface area contributed by atoms with Gasteiger partial charge in [0, 0.05) is 12.7 Å². The Morgan fingerprint density at radius 1 is 1.11 bits per heavy atom. The van der Waals surface area contributed by atoms with Crippen LogP contribution in [0, 0.1) is 11.3 Å². The van der Waals surface area contributed by atoms with Crippen LogP contribution < -0.4 is 10.6 Å². The fourth-order valence-electron chi connectivity index (χ4n) is 2.89. The molecule has 2 heterocycles. The molecule has 0 saturated carbocycles. The molecule has 7 heteroatoms. The molecule has 0 spiro atoms. The maximum atomic E-state index is 12.8. The zero-order chi connectivity index (χ0) is 19.9. The van der Waals surface area contributed by atoms with E-state index in [1.807, 2.05) is 6.07 Å². The number of carbonyl (C=O) groups is 2. The zero-order valence-corrected chi connectivity index (χ0v) is 15.6. The minimum Gasteiger partial charge on any atom is -0.349 e. The van der Waals surface area contributed by atoms with E-state index in [0.29, 0.717) is 23.3 Å². The van der Waals surface area contributed by atoms with E-state index in [-0.39, 0.29) is 17.4 Å². The van der Waals surface area contributed by atoms with Crippen molar-refractivity contribution in [3.05, 3.63) is 65.7 Å². The fourth-order valence-corrected chi connectivity index (χ4v) is 2.89. The van der Waals surface area contributed by atoms with Gasteiger partial charge < -0.3 is 10.6 Å². The van der Waals surface area contributed by atoms with Crippen molar-refractivity contribution < 1.29 is 9.59 Å². The summed E-state index contributed by atoms with van der Waals surface area (Å²) in [6, 6.07) is 14.0. The first kappa shape index (κ1) is 19.1. The standard InChI is InChI=1S/C21H21N5O2/c1-2-3-7-12-23-21(28)19-25-18(17-11-6-8-13-26(17)19)20(27)24-16-10-5-4-9-15(16)14-22/h4-6,8-11,13H,2-3,7,12H2,1H3,(H,23,28)(H,24,27). The van der Waals surface area contributed by atoms with Crippen molar-refractivity contribution in [1.29, 1.82) is 5.26 Å². The Morgan fingerprint density at radius 3 is 2.68 bits per heavy atom. The van der Waals surface area contributed by atoms with Crippen molar-refractivity contribution in [3.8, 4) is 6.07 Å². The number of hydrogen-bond donors (Lipinski definition) is 2. The first-order chi connectivity index (χ1) is 13.7. The van der Waals surface area contributed by atoms with Gasteiger partial charge in [0.1, 0.15) is 6.07 Å². The van der Waals surface area contributed by atoms with E-state index in [0.717, 1.165) is 19.3 Å². The quantitative estimate of drug-likeness (QED) is 0.618. The SMILES string of the molecule is CCCCCNC(=O)c1nc(C(=O)Nc2ccccc2C#N)c2ccccn12. The minimum atomic E-state index is -0.476. The lowest BCUT2D eigenvalue weighted by Crippen LogP contribution is -2.26. The normalized spacial score (nSPS) is 10.4. The van der Waals surface area contributed by atoms with Gasteiger partial charge in [-0.3, -0.25) is 14.0 Å². The van der Waals surface area contributed by atoms with Gasteiger partial charge in [0.25, 0.3) is 11.8 Å². The van der Waals surface area contributed by atoms with Gasteiger partial charge in [-0.1, -0.05) is 38.0 Å². The number of hydrogen-bond acceptors (Lipinski definition) is 4. The molecule has 0 aliphatic rings. The van der Waals surface area contributed by atoms with Gasteiger partial charge in [-0.2, -0.15) is 5.26 Å². The van der Waals surface area contributed by atoms with Crippen molar-refractivity contribution in [3.63, 3.8) is 0 Å². The number of pyridine rings is 1. The van der Waals surface area contributed by atoms with Gasteiger partial charge >= 0.3 is 0 Å². The average Bonchev–Trinajstić information content (AvgIpc) is 3.11. The molecule has 0 atom stereocenters. The van der Waals surface area contributed by atoms with Gasteiger partial charge in [0.15, 0.2) is 5.69 Å². The molecule has 142 valence electrons. The van der Waals surface area contributed by atoms with Crippen molar-refractivity contribution in [2.24, 2.45) is 0 Å². The summed E-state index contributed by atoms with van der Waals surface area (Å²) in [6.45, 7) is 2.66. The number of rotatable bonds is 7. The number of carbonyl (C=O) groups excluding carboxylic acids is 2. The Kier molecular flexibility index (Phi) is 6.02. The van der Waals surface area contributed by atoms with Gasteiger partial charge in [-0.25, -0.2) is 4.98 Å². The number of imidazole rings is 1. The molecule has 0 bridgehead atoms. The van der Waals surface area contributed by atoms with Crippen LogP contribution in [0.4, 0.5) is 5.69 Å². The fraction of sp³-hybridized carbons (Fsp3) is 0.238. The first-order valence-electron chi connectivity index (χ1n) is 9.21. The van der Waals surface area contributed by atoms with Crippen LogP contribution in [0.15, 0.2) is 48.7 Å². The van der Waals surface area contributed by atoms with E-state index in [1.54, 1.807) is 53.1 Å². The number of para-hydroxylation sites is 1. The molecule has 3 rings (SSSR count). The van der Waals surface area contributed by atoms with Crippen molar-refractivity contribution in [1.82, 2.24) is 14.7 Å². The van der Waals surface area contributed by atoms with Crippen molar-refractivity contribution in [2.45, 2.75) is 26.2 Å². The maximum Gasteiger partial charge on any atom is 0.287 e. The lowest BCUT2D eigenvalue weighted by Gasteiger charge is -2.05. The zero-order valence-electron chi connectivity index (χ0n) is 15.6. The monoisotopic (exact) mass is 375 g/mol. The van der Waals surface area contributed by atoms with Gasteiger partial charge in [-0.05, 0) is 30.7 Å². The smallest absolute Gasteiger partial charge is 0.287 e. The van der Waals surface area contributed by atoms with Crippen LogP contribution in [0.3, 0.4) is 0 Å². The highest BCUT2D eigenvalue weighted by molar-refractivity contribution is 6.09. The highest BCUT2D eigenvalue weighted by Gasteiger charge is 2.21. The molecule has 2 aromatic heterocycles. The van der Waals surface area contributed by atoms with Crippen LogP contribution in [-0.2, 0) is 0 Å². The van der Waals surface area contributed by atoms with Gasteiger partial charge in [-0.15, -0.1) is 0 Å². The van der Waals surface area contributed by atoms with E-state index < -0.39 is 5.91 Å². The molecule has 0 fully saturated rings. The maximum absolute atomic E-state index is 12.8. The van der Waals surface area contributed by atoms with E-state index in [2.05, 4.69) is 22.5 Å². The number of nitrogens with one attached hydrogen (secondary N) is 2. The van der Waals surface area contributed by atoms with Crippen LogP contribution in [0.2, 0.25) is 0 Å². The Morgan fingerprint density at radius 2 is 1.89 bits per heavy atom. The van der Waals surface area contributed by atoms with E-state index in [1.165, 1.54) is 0 Å². The van der Waals surface area contributed by atoms with Crippen LogP contribution in [0.5, 0.6) is 0 Å². The second-order valence-electron chi connectivity index (χ2n) is 6.31. The molecular weight excluding hydrogens is 354 g/mol. The largest absolute Gasteiger partial charge is 0.349 e. The number of nitriles is 1. The van der Waals surface area contributed by atoms with Crippen LogP contribution in [0.1, 0.15) is 52.9 Å². The predicted molar refractivity (Wildman–Crippen MR) is 106 cm³/mol. The molecule has 2 N–H and O–H groups in total. The first-order valence-corrected chi connectivity index (χ1v) is 9.21. The third-order valence-electron chi connectivity index (χ3n) is 4.33. The van der Waals surface area contributed by atoms with Crippen LogP contribution >= 0.6 is 0 Å². The number of aromatic nitrogens is 2. The molecule has 2 amide bonds. The van der Waals surface area contributed by atoms with Crippen molar-refractivity contribution >= 4 is 23.0 Å². The van der Waals surface area contributed by atoms with Gasteiger partial charge in [0.2, 0.25) is 5.82 Å². The summed E-state index contributed by atoms with van der Waals surface area (Å²) in [7, 11) is 0. The van der Waals surface area contributed by atoms with Crippen LogP contribution in [-0.4, -0.2) is 27.7 Å². The number of nitrogens with zero attached hydrogens (tertiary/aromatic N) is 3. The Balaban J connectivity index is 1.88. The van der Waals surface area contributed by atoms with E-state index in [9.17, 15) is 14.9 Å². The average molecular weight is 375 g/mol. The summed E-state index contributed by atoms with van der Waals surface area (Å²) in [5, 5.41) is 14.8. The number of fused-ring (bicyclic) bond motifs is 1. The Hall–Kier alpha value is -3.66. The minimum absolute atomic E-state index is 0.132. The predicted octanol–water partition coefficient (Wildman–Crippen LogP) is 3.38. The lowest BCUT2D eigenvalue weighted by molar-refractivity contribution is 0.0942. The molecule has 0 saturated heterocycles.